The number of halogens is 1. The average molecular weight is 348 g/mol. The topological polar surface area (TPSA) is 112 Å². The van der Waals surface area contributed by atoms with E-state index < -0.39 is 16.9 Å². The molecule has 1 atom stereocenters. The summed E-state index contributed by atoms with van der Waals surface area (Å²) < 4.78 is 13.0. The molecule has 3 rings (SSSR count). The van der Waals surface area contributed by atoms with Gasteiger partial charge < -0.3 is 10.0 Å². The Morgan fingerprint density at radius 1 is 1.36 bits per heavy atom. The van der Waals surface area contributed by atoms with E-state index in [1.807, 2.05) is 0 Å². The molecule has 2 heterocycles. The summed E-state index contributed by atoms with van der Waals surface area (Å²) in [6.07, 6.45) is 1.37. The van der Waals surface area contributed by atoms with Gasteiger partial charge in [-0.1, -0.05) is 12.1 Å². The summed E-state index contributed by atoms with van der Waals surface area (Å²) in [7, 11) is 0. The van der Waals surface area contributed by atoms with Crippen LogP contribution in [0.5, 0.6) is 0 Å². The molecule has 132 valence electrons. The van der Waals surface area contributed by atoms with Gasteiger partial charge >= 0.3 is 5.69 Å². The number of benzene rings is 1. The van der Waals surface area contributed by atoms with Crippen molar-refractivity contribution in [2.24, 2.45) is 5.92 Å². The second-order valence-electron chi connectivity index (χ2n) is 6.01. The normalized spacial score (nSPS) is 16.6. The van der Waals surface area contributed by atoms with Crippen LogP contribution < -0.4 is 0 Å². The maximum atomic E-state index is 13.0. The van der Waals surface area contributed by atoms with Gasteiger partial charge in [-0.3, -0.25) is 20.0 Å². The fraction of sp³-hybridized carbons (Fsp3) is 0.375. The second-order valence-corrected chi connectivity index (χ2v) is 6.01. The molecule has 1 aliphatic heterocycles. The first kappa shape index (κ1) is 17.0. The maximum absolute atomic E-state index is 13.0. The summed E-state index contributed by atoms with van der Waals surface area (Å²) in [6, 6.07) is 5.69. The molecule has 25 heavy (non-hydrogen) atoms. The Labute approximate surface area is 142 Å². The van der Waals surface area contributed by atoms with Crippen molar-refractivity contribution in [1.29, 1.82) is 0 Å². The highest BCUT2D eigenvalue weighted by atomic mass is 19.1. The first-order chi connectivity index (χ1) is 12.0. The standard InChI is InChI=1S/C16H17FN4O4/c17-12-3-1-10(2-4-12)15(22)11-5-7-20(8-6-11)16(23)14-13(21(24)25)9-18-19-14/h1-4,9,11,15,22H,5-8H2,(H,18,19). The summed E-state index contributed by atoms with van der Waals surface area (Å²) in [5.74, 6) is -0.900. The molecule has 0 bridgehead atoms. The van der Waals surface area contributed by atoms with Crippen molar-refractivity contribution < 1.29 is 19.2 Å². The van der Waals surface area contributed by atoms with E-state index in [0.717, 1.165) is 6.20 Å². The van der Waals surface area contributed by atoms with E-state index >= 15 is 0 Å². The van der Waals surface area contributed by atoms with Gasteiger partial charge in [-0.2, -0.15) is 5.10 Å². The van der Waals surface area contributed by atoms with Gasteiger partial charge in [0.2, 0.25) is 5.69 Å². The summed E-state index contributed by atoms with van der Waals surface area (Å²) in [4.78, 5) is 24.2. The first-order valence-electron chi connectivity index (χ1n) is 7.88. The van der Waals surface area contributed by atoms with Crippen LogP contribution >= 0.6 is 0 Å². The lowest BCUT2D eigenvalue weighted by Gasteiger charge is -2.34. The van der Waals surface area contributed by atoms with Crippen LogP contribution in [0.3, 0.4) is 0 Å². The number of nitrogens with one attached hydrogen (secondary N) is 1. The van der Waals surface area contributed by atoms with Crippen molar-refractivity contribution in [2.45, 2.75) is 18.9 Å². The van der Waals surface area contributed by atoms with Crippen molar-refractivity contribution in [3.05, 3.63) is 57.7 Å². The number of aromatic nitrogens is 2. The Morgan fingerprint density at radius 3 is 2.60 bits per heavy atom. The van der Waals surface area contributed by atoms with Crippen molar-refractivity contribution in [2.75, 3.05) is 13.1 Å². The number of nitrogens with zero attached hydrogens (tertiary/aromatic N) is 3. The predicted molar refractivity (Wildman–Crippen MR) is 85.2 cm³/mol. The molecule has 0 saturated carbocycles. The number of aliphatic hydroxyl groups is 1. The zero-order chi connectivity index (χ0) is 18.0. The van der Waals surface area contributed by atoms with Crippen LogP contribution in [0.25, 0.3) is 0 Å². The molecule has 1 saturated heterocycles. The number of amides is 1. The van der Waals surface area contributed by atoms with Crippen molar-refractivity contribution in [3.63, 3.8) is 0 Å². The molecule has 1 aromatic carbocycles. The number of nitro groups is 1. The number of aliphatic hydroxyl groups excluding tert-OH is 1. The van der Waals surface area contributed by atoms with E-state index in [4.69, 9.17) is 0 Å². The van der Waals surface area contributed by atoms with Crippen molar-refractivity contribution in [1.82, 2.24) is 15.1 Å². The third-order valence-corrected chi connectivity index (χ3v) is 4.51. The number of piperidine rings is 1. The van der Waals surface area contributed by atoms with Crippen LogP contribution in [-0.4, -0.2) is 44.1 Å². The lowest BCUT2D eigenvalue weighted by atomic mass is 9.87. The molecule has 1 fully saturated rings. The van der Waals surface area contributed by atoms with Crippen LogP contribution in [0.4, 0.5) is 10.1 Å². The number of rotatable bonds is 4. The van der Waals surface area contributed by atoms with Gasteiger partial charge in [0.15, 0.2) is 0 Å². The van der Waals surface area contributed by atoms with Gasteiger partial charge in [-0.05, 0) is 36.5 Å². The average Bonchev–Trinajstić information content (AvgIpc) is 3.11. The Bertz CT molecular complexity index is 769. The molecule has 1 unspecified atom stereocenters. The molecular formula is C16H17FN4O4. The SMILES string of the molecule is O=C(c1[nH]ncc1[N+](=O)[O-])N1CCC(C(O)c2ccc(F)cc2)CC1. The predicted octanol–water partition coefficient (Wildman–Crippen LogP) is 2.04. The summed E-state index contributed by atoms with van der Waals surface area (Å²) in [6.45, 7) is 0.746. The van der Waals surface area contributed by atoms with Crippen LogP contribution in [0.15, 0.2) is 30.5 Å². The zero-order valence-corrected chi connectivity index (χ0v) is 13.3. The minimum absolute atomic E-state index is 0.0636. The Morgan fingerprint density at radius 2 is 2.00 bits per heavy atom. The molecule has 1 aliphatic rings. The minimum atomic E-state index is -0.737. The Hall–Kier alpha value is -2.81. The Balaban J connectivity index is 1.63. The highest BCUT2D eigenvalue weighted by Gasteiger charge is 2.32. The van der Waals surface area contributed by atoms with Gasteiger partial charge in [0.1, 0.15) is 12.0 Å². The summed E-state index contributed by atoms with van der Waals surface area (Å²) >= 11 is 0. The quantitative estimate of drug-likeness (QED) is 0.648. The third kappa shape index (κ3) is 3.50. The van der Waals surface area contributed by atoms with Gasteiger partial charge in [-0.15, -0.1) is 0 Å². The minimum Gasteiger partial charge on any atom is -0.388 e. The smallest absolute Gasteiger partial charge is 0.319 e. The van der Waals surface area contributed by atoms with Crippen LogP contribution in [0.2, 0.25) is 0 Å². The van der Waals surface area contributed by atoms with E-state index in [0.29, 0.717) is 31.5 Å². The van der Waals surface area contributed by atoms with Gasteiger partial charge in [0, 0.05) is 13.1 Å². The van der Waals surface area contributed by atoms with Gasteiger partial charge in [-0.25, -0.2) is 4.39 Å². The highest BCUT2D eigenvalue weighted by molar-refractivity contribution is 5.96. The molecule has 0 aliphatic carbocycles. The van der Waals surface area contributed by atoms with E-state index in [-0.39, 0.29) is 23.1 Å². The second kappa shape index (κ2) is 6.98. The van der Waals surface area contributed by atoms with Gasteiger partial charge in [0.05, 0.1) is 11.0 Å². The van der Waals surface area contributed by atoms with Gasteiger partial charge in [0.25, 0.3) is 5.91 Å². The third-order valence-electron chi connectivity index (χ3n) is 4.51. The van der Waals surface area contributed by atoms with E-state index in [9.17, 15) is 24.4 Å². The molecular weight excluding hydrogens is 331 g/mol. The largest absolute Gasteiger partial charge is 0.388 e. The zero-order valence-electron chi connectivity index (χ0n) is 13.3. The number of likely N-dealkylation sites (tertiary alicyclic amines) is 1. The van der Waals surface area contributed by atoms with Crippen LogP contribution in [0, 0.1) is 21.8 Å². The fourth-order valence-corrected chi connectivity index (χ4v) is 3.08. The number of aromatic amines is 1. The van der Waals surface area contributed by atoms with E-state index in [1.165, 1.54) is 17.0 Å². The van der Waals surface area contributed by atoms with Crippen LogP contribution in [-0.2, 0) is 0 Å². The molecule has 8 nitrogen and oxygen atoms in total. The van der Waals surface area contributed by atoms with Crippen molar-refractivity contribution >= 4 is 11.6 Å². The lowest BCUT2D eigenvalue weighted by molar-refractivity contribution is -0.385. The molecule has 2 N–H and O–H groups in total. The van der Waals surface area contributed by atoms with E-state index in [2.05, 4.69) is 10.2 Å². The molecule has 9 heteroatoms. The fourth-order valence-electron chi connectivity index (χ4n) is 3.08. The number of H-pyrrole nitrogens is 1. The molecule has 2 aromatic rings. The number of carbonyl (C=O) groups excluding carboxylic acids is 1. The highest BCUT2D eigenvalue weighted by Crippen LogP contribution is 2.31. The molecule has 1 aromatic heterocycles. The van der Waals surface area contributed by atoms with Crippen molar-refractivity contribution in [3.8, 4) is 0 Å². The number of carbonyl (C=O) groups is 1. The maximum Gasteiger partial charge on any atom is 0.319 e. The first-order valence-corrected chi connectivity index (χ1v) is 7.88. The summed E-state index contributed by atoms with van der Waals surface area (Å²) in [5, 5.41) is 27.3. The Kier molecular flexibility index (Phi) is 4.75. The lowest BCUT2D eigenvalue weighted by Crippen LogP contribution is -2.40. The summed E-state index contributed by atoms with van der Waals surface area (Å²) in [5.41, 5.74) is 0.149. The van der Waals surface area contributed by atoms with E-state index in [1.54, 1.807) is 12.1 Å². The number of hydrogen-bond donors (Lipinski definition) is 2. The monoisotopic (exact) mass is 348 g/mol. The molecule has 0 spiro atoms. The molecule has 0 radical (unpaired) electrons. The molecule has 1 amide bonds. The van der Waals surface area contributed by atoms with Crippen LogP contribution in [0.1, 0.15) is 35.0 Å². The number of hydrogen-bond acceptors (Lipinski definition) is 5.